The van der Waals surface area contributed by atoms with Gasteiger partial charge in [0, 0.05) is 10.5 Å². The Morgan fingerprint density at radius 1 is 1.10 bits per heavy atom. The second-order valence-corrected chi connectivity index (χ2v) is 6.97. The smallest absolute Gasteiger partial charge is 0.177 e. The molecule has 2 aromatic rings. The van der Waals surface area contributed by atoms with Crippen molar-refractivity contribution in [1.29, 1.82) is 0 Å². The van der Waals surface area contributed by atoms with Crippen molar-refractivity contribution in [1.82, 2.24) is 0 Å². The van der Waals surface area contributed by atoms with E-state index in [0.29, 0.717) is 21.4 Å². The molecule has 0 aliphatic rings. The third kappa shape index (κ3) is 4.02. The molecule has 0 aliphatic carbocycles. The monoisotopic (exact) mass is 320 g/mol. The maximum absolute atomic E-state index is 12.3. The van der Waals surface area contributed by atoms with Crippen LogP contribution in [0.1, 0.15) is 35.7 Å². The molecule has 2 aromatic carbocycles. The lowest BCUT2D eigenvalue weighted by Gasteiger charge is -2.07. The molecule has 21 heavy (non-hydrogen) atoms. The van der Waals surface area contributed by atoms with Crippen molar-refractivity contribution >= 4 is 28.2 Å². The van der Waals surface area contributed by atoms with Gasteiger partial charge in [-0.05, 0) is 35.7 Å². The molecule has 0 heterocycles. The average molecular weight is 321 g/mol. The van der Waals surface area contributed by atoms with Crippen LogP contribution in [-0.2, 0) is 10.8 Å². The highest BCUT2D eigenvalue weighted by molar-refractivity contribution is 7.85. The van der Waals surface area contributed by atoms with Gasteiger partial charge in [-0.2, -0.15) is 0 Å². The number of rotatable bonds is 5. The van der Waals surface area contributed by atoms with E-state index < -0.39 is 10.8 Å². The second kappa shape index (κ2) is 7.01. The van der Waals surface area contributed by atoms with Gasteiger partial charge < -0.3 is 0 Å². The van der Waals surface area contributed by atoms with Crippen LogP contribution in [0.15, 0.2) is 53.4 Å². The summed E-state index contributed by atoms with van der Waals surface area (Å²) in [5, 5.41) is 0.398. The van der Waals surface area contributed by atoms with Gasteiger partial charge in [0.2, 0.25) is 0 Å². The maximum Gasteiger partial charge on any atom is 0.177 e. The van der Waals surface area contributed by atoms with Gasteiger partial charge in [-0.25, -0.2) is 0 Å². The van der Waals surface area contributed by atoms with Crippen molar-refractivity contribution in [2.75, 3.05) is 5.75 Å². The molecular weight excluding hydrogens is 304 g/mol. The topological polar surface area (TPSA) is 34.1 Å². The summed E-state index contributed by atoms with van der Waals surface area (Å²) in [7, 11) is -1.35. The molecule has 1 unspecified atom stereocenters. The van der Waals surface area contributed by atoms with Gasteiger partial charge in [0.15, 0.2) is 5.78 Å². The molecule has 0 spiro atoms. The molecule has 0 fully saturated rings. The van der Waals surface area contributed by atoms with Crippen molar-refractivity contribution in [3.8, 4) is 0 Å². The molecule has 0 amide bonds. The van der Waals surface area contributed by atoms with E-state index in [1.165, 1.54) is 5.56 Å². The molecule has 110 valence electrons. The van der Waals surface area contributed by atoms with E-state index in [2.05, 4.69) is 13.8 Å². The molecule has 0 N–H and O–H groups in total. The van der Waals surface area contributed by atoms with Gasteiger partial charge in [-0.1, -0.05) is 49.7 Å². The number of halogens is 1. The van der Waals surface area contributed by atoms with E-state index >= 15 is 0 Å². The maximum atomic E-state index is 12.3. The predicted octanol–water partition coefficient (Wildman–Crippen LogP) is 4.45. The van der Waals surface area contributed by atoms with Crippen molar-refractivity contribution in [2.24, 2.45) is 0 Å². The number of Topliss-reactive ketones (excluding diaryl/α,β-unsaturated/α-hetero) is 1. The Morgan fingerprint density at radius 2 is 1.71 bits per heavy atom. The minimum Gasteiger partial charge on any atom is -0.293 e. The van der Waals surface area contributed by atoms with Crippen molar-refractivity contribution in [3.63, 3.8) is 0 Å². The number of hydrogen-bond acceptors (Lipinski definition) is 2. The Hall–Kier alpha value is -1.45. The molecule has 0 aromatic heterocycles. The first kappa shape index (κ1) is 15.9. The highest BCUT2D eigenvalue weighted by Crippen LogP contribution is 2.19. The molecule has 1 atom stereocenters. The summed E-state index contributed by atoms with van der Waals surface area (Å²) in [6.45, 7) is 4.21. The minimum absolute atomic E-state index is 0.0508. The van der Waals surface area contributed by atoms with Crippen LogP contribution in [0.3, 0.4) is 0 Å². The van der Waals surface area contributed by atoms with Gasteiger partial charge >= 0.3 is 0 Å². The Morgan fingerprint density at radius 3 is 2.29 bits per heavy atom. The van der Waals surface area contributed by atoms with E-state index in [9.17, 15) is 9.00 Å². The van der Waals surface area contributed by atoms with Crippen LogP contribution in [0.25, 0.3) is 0 Å². The van der Waals surface area contributed by atoms with Crippen molar-refractivity contribution < 1.29 is 9.00 Å². The molecular formula is C17H17ClO2S. The van der Waals surface area contributed by atoms with Crippen LogP contribution in [0, 0.1) is 0 Å². The van der Waals surface area contributed by atoms with E-state index in [1.54, 1.807) is 24.3 Å². The van der Waals surface area contributed by atoms with E-state index in [-0.39, 0.29) is 11.5 Å². The number of carbonyl (C=O) groups excluding carboxylic acids is 1. The first-order valence-corrected chi connectivity index (χ1v) is 8.45. The van der Waals surface area contributed by atoms with E-state index in [1.807, 2.05) is 24.3 Å². The minimum atomic E-state index is -1.35. The molecule has 0 saturated carbocycles. The first-order chi connectivity index (χ1) is 9.99. The zero-order valence-electron chi connectivity index (χ0n) is 12.0. The van der Waals surface area contributed by atoms with Crippen LogP contribution < -0.4 is 0 Å². The zero-order valence-corrected chi connectivity index (χ0v) is 13.6. The third-order valence-corrected chi connectivity index (χ3v) is 4.90. The van der Waals surface area contributed by atoms with E-state index in [0.717, 1.165) is 0 Å². The lowest BCUT2D eigenvalue weighted by Crippen LogP contribution is -2.11. The summed E-state index contributed by atoms with van der Waals surface area (Å²) < 4.78 is 12.3. The number of benzene rings is 2. The molecule has 4 heteroatoms. The Bertz CT molecular complexity index is 663. The van der Waals surface area contributed by atoms with Crippen molar-refractivity contribution in [2.45, 2.75) is 24.7 Å². The molecule has 2 rings (SSSR count). The second-order valence-electron chi connectivity index (χ2n) is 5.12. The number of carbonyl (C=O) groups is 1. The van der Waals surface area contributed by atoms with E-state index in [4.69, 9.17) is 11.6 Å². The average Bonchev–Trinajstić information content (AvgIpc) is 2.47. The number of hydrogen-bond donors (Lipinski definition) is 0. The van der Waals surface area contributed by atoms with Gasteiger partial charge in [0.05, 0.1) is 21.6 Å². The van der Waals surface area contributed by atoms with Gasteiger partial charge in [0.1, 0.15) is 0 Å². The summed E-state index contributed by atoms with van der Waals surface area (Å²) >= 11 is 5.98. The summed E-state index contributed by atoms with van der Waals surface area (Å²) in [6, 6.07) is 14.4. The van der Waals surface area contributed by atoms with Gasteiger partial charge in [-0.3, -0.25) is 9.00 Å². The van der Waals surface area contributed by atoms with Gasteiger partial charge in [0.25, 0.3) is 0 Å². The zero-order chi connectivity index (χ0) is 15.4. The van der Waals surface area contributed by atoms with Gasteiger partial charge in [-0.15, -0.1) is 0 Å². The fourth-order valence-corrected chi connectivity index (χ4v) is 3.21. The Labute approximate surface area is 132 Å². The third-order valence-electron chi connectivity index (χ3n) is 3.25. The first-order valence-electron chi connectivity index (χ1n) is 6.75. The SMILES string of the molecule is CC(C)c1ccc(S(=O)CC(=O)c2ccccc2Cl)cc1. The van der Waals surface area contributed by atoms with Crippen molar-refractivity contribution in [3.05, 3.63) is 64.7 Å². The molecule has 0 radical (unpaired) electrons. The predicted molar refractivity (Wildman–Crippen MR) is 87.6 cm³/mol. The highest BCUT2D eigenvalue weighted by Gasteiger charge is 2.14. The normalized spacial score (nSPS) is 12.4. The van der Waals surface area contributed by atoms with Crippen LogP contribution in [-0.4, -0.2) is 15.7 Å². The lowest BCUT2D eigenvalue weighted by molar-refractivity contribution is 0.102. The highest BCUT2D eigenvalue weighted by atomic mass is 35.5. The number of ketones is 1. The standard InChI is InChI=1S/C17H17ClO2S/c1-12(2)13-7-9-14(10-8-13)21(20)11-17(19)15-5-3-4-6-16(15)18/h3-10,12H,11H2,1-2H3. The molecule has 0 bridgehead atoms. The Balaban J connectivity index is 2.11. The largest absolute Gasteiger partial charge is 0.293 e. The van der Waals surface area contributed by atoms with Crippen LogP contribution in [0.5, 0.6) is 0 Å². The molecule has 0 saturated heterocycles. The van der Waals surface area contributed by atoms with Crippen LogP contribution >= 0.6 is 11.6 Å². The van der Waals surface area contributed by atoms with Crippen LogP contribution in [0.4, 0.5) is 0 Å². The molecule has 0 aliphatic heterocycles. The fraction of sp³-hybridized carbons (Fsp3) is 0.235. The summed E-state index contributed by atoms with van der Waals surface area (Å²) in [6.07, 6.45) is 0. The fourth-order valence-electron chi connectivity index (χ4n) is 1.97. The van der Waals surface area contributed by atoms with Crippen LogP contribution in [0.2, 0.25) is 5.02 Å². The summed E-state index contributed by atoms with van der Waals surface area (Å²) in [4.78, 5) is 12.8. The summed E-state index contributed by atoms with van der Waals surface area (Å²) in [5.41, 5.74) is 1.61. The summed E-state index contributed by atoms with van der Waals surface area (Å²) in [5.74, 6) is 0.175. The lowest BCUT2D eigenvalue weighted by atomic mass is 10.0. The molecule has 2 nitrogen and oxygen atoms in total. The quantitative estimate of drug-likeness (QED) is 0.762. The Kier molecular flexibility index (Phi) is 5.32.